The highest BCUT2D eigenvalue weighted by Crippen LogP contribution is 2.63. The highest BCUT2D eigenvalue weighted by atomic mass is 16.5. The maximum absolute atomic E-state index is 6.49. The molecule has 1 aromatic carbocycles. The molecule has 3 heteroatoms. The van der Waals surface area contributed by atoms with E-state index in [1.165, 1.54) is 49.8 Å². The molecule has 2 aliphatic heterocycles. The maximum Gasteiger partial charge on any atom is 0.165 e. The normalized spacial score (nSPS) is 39.6. The molecule has 3 nitrogen and oxygen atoms in total. The summed E-state index contributed by atoms with van der Waals surface area (Å²) in [7, 11) is 4.07. The van der Waals surface area contributed by atoms with Crippen molar-refractivity contribution >= 4 is 0 Å². The fourth-order valence-electron chi connectivity index (χ4n) is 5.86. The molecule has 4 aliphatic rings. The molecule has 2 bridgehead atoms. The van der Waals surface area contributed by atoms with E-state index in [2.05, 4.69) is 24.1 Å². The lowest BCUT2D eigenvalue weighted by molar-refractivity contribution is -0.0426. The average molecular weight is 285 g/mol. The summed E-state index contributed by atoms with van der Waals surface area (Å²) in [4.78, 5) is 2.60. The number of piperidine rings is 1. The Labute approximate surface area is 126 Å². The van der Waals surface area contributed by atoms with Crippen molar-refractivity contribution in [2.45, 2.75) is 49.7 Å². The van der Waals surface area contributed by atoms with Crippen LogP contribution >= 0.6 is 0 Å². The second-order valence-corrected chi connectivity index (χ2v) is 7.32. The third kappa shape index (κ3) is 1.30. The predicted octanol–water partition coefficient (Wildman–Crippen LogP) is 2.75. The number of benzene rings is 1. The highest BCUT2D eigenvalue weighted by molar-refractivity contribution is 5.60. The second kappa shape index (κ2) is 3.95. The molecule has 0 N–H and O–H groups in total. The Bertz CT molecular complexity index is 613. The second-order valence-electron chi connectivity index (χ2n) is 7.32. The van der Waals surface area contributed by atoms with Gasteiger partial charge in [-0.05, 0) is 63.2 Å². The van der Waals surface area contributed by atoms with E-state index < -0.39 is 0 Å². The molecule has 21 heavy (non-hydrogen) atoms. The zero-order chi connectivity index (χ0) is 14.2. The predicted molar refractivity (Wildman–Crippen MR) is 81.2 cm³/mol. The molecule has 2 heterocycles. The van der Waals surface area contributed by atoms with Gasteiger partial charge in [0.2, 0.25) is 0 Å². The standard InChI is InChI=1S/C18H23NO2/c1-19-9-8-18-12-4-3-5-15(18)21-17-14(20-2)7-6-11(16(17)18)10-13(12)19/h6-7,12-13,15H,3-5,8-10H2,1-2H3/t12-,13+,15-,18+/m0/s1. The Morgan fingerprint density at radius 1 is 1.33 bits per heavy atom. The van der Waals surface area contributed by atoms with Gasteiger partial charge in [0.25, 0.3) is 0 Å². The van der Waals surface area contributed by atoms with E-state index in [9.17, 15) is 0 Å². The monoisotopic (exact) mass is 285 g/mol. The van der Waals surface area contributed by atoms with E-state index in [-0.39, 0.29) is 5.41 Å². The van der Waals surface area contributed by atoms with Crippen LogP contribution in [0.1, 0.15) is 36.8 Å². The summed E-state index contributed by atoms with van der Waals surface area (Å²) >= 11 is 0. The van der Waals surface area contributed by atoms with E-state index in [1.807, 2.05) is 0 Å². The summed E-state index contributed by atoms with van der Waals surface area (Å²) in [6, 6.07) is 5.11. The Balaban J connectivity index is 1.79. The molecule has 1 saturated carbocycles. The summed E-state index contributed by atoms with van der Waals surface area (Å²) in [5.74, 6) is 2.79. The van der Waals surface area contributed by atoms with Crippen molar-refractivity contribution in [3.63, 3.8) is 0 Å². The van der Waals surface area contributed by atoms with Gasteiger partial charge in [-0.25, -0.2) is 0 Å². The van der Waals surface area contributed by atoms with Crippen LogP contribution in [0.3, 0.4) is 0 Å². The fraction of sp³-hybridized carbons (Fsp3) is 0.667. The molecule has 1 aromatic rings. The van der Waals surface area contributed by atoms with Crippen LogP contribution in [-0.4, -0.2) is 37.7 Å². The molecule has 0 unspecified atom stereocenters. The SMILES string of the molecule is COc1ccc2c3c1O[C@H]1CCC[C@H]4[C@@H](C2)N(C)CC[C@]314. The Morgan fingerprint density at radius 2 is 2.24 bits per heavy atom. The van der Waals surface area contributed by atoms with Crippen molar-refractivity contribution in [3.05, 3.63) is 23.3 Å². The molecular weight excluding hydrogens is 262 g/mol. The molecule has 5 rings (SSSR count). The quantitative estimate of drug-likeness (QED) is 0.792. The number of ether oxygens (including phenoxy) is 2. The van der Waals surface area contributed by atoms with Gasteiger partial charge in [-0.1, -0.05) is 6.07 Å². The van der Waals surface area contributed by atoms with Crippen LogP contribution in [-0.2, 0) is 11.8 Å². The Kier molecular flexibility index (Phi) is 2.32. The lowest BCUT2D eigenvalue weighted by Gasteiger charge is -2.57. The number of rotatable bonds is 1. The van der Waals surface area contributed by atoms with Crippen LogP contribution < -0.4 is 9.47 Å². The fourth-order valence-corrected chi connectivity index (χ4v) is 5.86. The molecular formula is C18H23NO2. The highest BCUT2D eigenvalue weighted by Gasteiger charge is 2.62. The summed E-state index contributed by atoms with van der Waals surface area (Å²) in [6.07, 6.45) is 6.72. The topological polar surface area (TPSA) is 21.7 Å². The smallest absolute Gasteiger partial charge is 0.165 e. The van der Waals surface area contributed by atoms with Crippen molar-refractivity contribution in [2.24, 2.45) is 5.92 Å². The van der Waals surface area contributed by atoms with Crippen LogP contribution in [0.4, 0.5) is 0 Å². The Morgan fingerprint density at radius 3 is 3.10 bits per heavy atom. The van der Waals surface area contributed by atoms with E-state index >= 15 is 0 Å². The number of likely N-dealkylation sites (N-methyl/N-ethyl adjacent to an activating group) is 1. The first-order valence-corrected chi connectivity index (χ1v) is 8.33. The zero-order valence-corrected chi connectivity index (χ0v) is 12.9. The first-order chi connectivity index (χ1) is 10.3. The molecule has 0 radical (unpaired) electrons. The van der Waals surface area contributed by atoms with Crippen LogP contribution in [0.2, 0.25) is 0 Å². The van der Waals surface area contributed by atoms with Gasteiger partial charge < -0.3 is 14.4 Å². The number of hydrogen-bond acceptors (Lipinski definition) is 3. The Hall–Kier alpha value is -1.22. The van der Waals surface area contributed by atoms with Gasteiger partial charge in [0.15, 0.2) is 11.5 Å². The van der Waals surface area contributed by atoms with Crippen molar-refractivity contribution in [1.29, 1.82) is 0 Å². The summed E-state index contributed by atoms with van der Waals surface area (Å²) in [5.41, 5.74) is 3.33. The number of likely N-dealkylation sites (tertiary alicyclic amines) is 1. The first-order valence-electron chi connectivity index (χ1n) is 8.33. The molecule has 2 aliphatic carbocycles. The van der Waals surface area contributed by atoms with Gasteiger partial charge in [0, 0.05) is 17.0 Å². The van der Waals surface area contributed by atoms with Gasteiger partial charge >= 0.3 is 0 Å². The first kappa shape index (κ1) is 12.3. The number of nitrogens with zero attached hydrogens (tertiary/aromatic N) is 1. The molecule has 0 aromatic heterocycles. The molecule has 1 saturated heterocycles. The van der Waals surface area contributed by atoms with E-state index in [0.29, 0.717) is 12.1 Å². The molecule has 0 amide bonds. The maximum atomic E-state index is 6.49. The van der Waals surface area contributed by atoms with Crippen molar-refractivity contribution < 1.29 is 9.47 Å². The third-order valence-corrected chi connectivity index (χ3v) is 6.71. The molecule has 4 atom stereocenters. The van der Waals surface area contributed by atoms with Crippen molar-refractivity contribution in [2.75, 3.05) is 20.7 Å². The minimum absolute atomic E-state index is 0.285. The van der Waals surface area contributed by atoms with Crippen LogP contribution in [0.5, 0.6) is 11.5 Å². The van der Waals surface area contributed by atoms with Gasteiger partial charge in [-0.15, -0.1) is 0 Å². The third-order valence-electron chi connectivity index (χ3n) is 6.71. The molecule has 1 spiro atoms. The number of methoxy groups -OCH3 is 1. The largest absolute Gasteiger partial charge is 0.493 e. The van der Waals surface area contributed by atoms with Crippen molar-refractivity contribution in [3.8, 4) is 11.5 Å². The summed E-state index contributed by atoms with van der Waals surface area (Å²) < 4.78 is 12.1. The number of hydrogen-bond donors (Lipinski definition) is 0. The minimum atomic E-state index is 0.285. The van der Waals surface area contributed by atoms with Crippen molar-refractivity contribution in [1.82, 2.24) is 4.90 Å². The van der Waals surface area contributed by atoms with Crippen LogP contribution in [0.25, 0.3) is 0 Å². The van der Waals surface area contributed by atoms with E-state index in [4.69, 9.17) is 9.47 Å². The van der Waals surface area contributed by atoms with Crippen LogP contribution in [0.15, 0.2) is 12.1 Å². The summed E-state index contributed by atoms with van der Waals surface area (Å²) in [6.45, 7) is 1.21. The van der Waals surface area contributed by atoms with E-state index in [0.717, 1.165) is 17.4 Å². The molecule has 112 valence electrons. The van der Waals surface area contributed by atoms with Gasteiger partial charge in [0.1, 0.15) is 6.10 Å². The molecule has 2 fully saturated rings. The lowest BCUT2D eigenvalue weighted by atomic mass is 9.52. The van der Waals surface area contributed by atoms with Crippen LogP contribution in [0, 0.1) is 5.92 Å². The zero-order valence-electron chi connectivity index (χ0n) is 12.9. The van der Waals surface area contributed by atoms with E-state index in [1.54, 1.807) is 7.11 Å². The van der Waals surface area contributed by atoms with Gasteiger partial charge in [-0.2, -0.15) is 0 Å². The summed E-state index contributed by atoms with van der Waals surface area (Å²) in [5, 5.41) is 0. The van der Waals surface area contributed by atoms with Gasteiger partial charge in [0.05, 0.1) is 7.11 Å². The average Bonchev–Trinajstić information content (AvgIpc) is 2.84. The van der Waals surface area contributed by atoms with Gasteiger partial charge in [-0.3, -0.25) is 0 Å². The lowest BCUT2D eigenvalue weighted by Crippen LogP contribution is -2.63. The minimum Gasteiger partial charge on any atom is -0.493 e.